The Hall–Kier alpha value is -1.14. The number of aliphatic hydroxyl groups excluding tert-OH is 1. The van der Waals surface area contributed by atoms with E-state index in [1.807, 2.05) is 12.1 Å². The van der Waals surface area contributed by atoms with Gasteiger partial charge < -0.3 is 10.0 Å². The third kappa shape index (κ3) is 6.40. The van der Waals surface area contributed by atoms with Crippen LogP contribution in [-0.4, -0.2) is 41.3 Å². The van der Waals surface area contributed by atoms with Crippen molar-refractivity contribution in [2.75, 3.05) is 20.1 Å². The predicted molar refractivity (Wildman–Crippen MR) is 96.5 cm³/mol. The molecule has 0 radical (unpaired) electrons. The molecule has 1 aliphatic rings. The van der Waals surface area contributed by atoms with E-state index in [1.165, 1.54) is 18.4 Å². The number of likely N-dealkylation sites (tertiary alicyclic amines) is 1. The molecule has 2 rings (SSSR count). The van der Waals surface area contributed by atoms with Gasteiger partial charge in [-0.25, -0.2) is 5.48 Å². The summed E-state index contributed by atoms with van der Waals surface area (Å²) in [7, 11) is 2.17. The molecule has 0 spiro atoms. The maximum Gasteiger partial charge on any atom is 0.243 e. The topological polar surface area (TPSA) is 72.8 Å². The minimum atomic E-state index is -0.487. The Kier molecular flexibility index (Phi) is 9.29. The lowest BCUT2D eigenvalue weighted by Crippen LogP contribution is -2.29. The van der Waals surface area contributed by atoms with Gasteiger partial charge >= 0.3 is 0 Å². The average Bonchev–Trinajstić information content (AvgIpc) is 2.59. The summed E-state index contributed by atoms with van der Waals surface area (Å²) in [5.41, 5.74) is 3.93. The van der Waals surface area contributed by atoms with E-state index in [9.17, 15) is 9.90 Å². The second-order valence-corrected chi connectivity index (χ2v) is 6.54. The molecular formula is C18H29ClN2O3. The number of amides is 1. The van der Waals surface area contributed by atoms with Gasteiger partial charge in [0.05, 0.1) is 6.10 Å². The minimum absolute atomic E-state index is 0. The van der Waals surface area contributed by atoms with Gasteiger partial charge in [-0.15, -0.1) is 12.4 Å². The van der Waals surface area contributed by atoms with Crippen molar-refractivity contribution in [3.63, 3.8) is 0 Å². The Bertz CT molecular complexity index is 488. The highest BCUT2D eigenvalue weighted by molar-refractivity contribution is 5.85. The molecule has 1 amide bonds. The van der Waals surface area contributed by atoms with Crippen LogP contribution in [0.25, 0.3) is 0 Å². The number of benzene rings is 1. The molecule has 1 fully saturated rings. The van der Waals surface area contributed by atoms with E-state index in [-0.39, 0.29) is 24.7 Å². The van der Waals surface area contributed by atoms with Gasteiger partial charge in [0.2, 0.25) is 5.91 Å². The summed E-state index contributed by atoms with van der Waals surface area (Å²) in [4.78, 5) is 13.3. The number of carbonyl (C=O) groups is 1. The molecule has 3 N–H and O–H groups in total. The lowest BCUT2D eigenvalue weighted by atomic mass is 9.88. The van der Waals surface area contributed by atoms with E-state index in [0.717, 1.165) is 25.1 Å². The Balaban J connectivity index is 0.00000288. The lowest BCUT2D eigenvalue weighted by Gasteiger charge is -2.29. The fraction of sp³-hybridized carbons (Fsp3) is 0.611. The summed E-state index contributed by atoms with van der Waals surface area (Å²) < 4.78 is 0. The zero-order valence-electron chi connectivity index (χ0n) is 14.3. The number of unbranched alkanes of at least 4 members (excludes halogenated alkanes) is 1. The van der Waals surface area contributed by atoms with E-state index < -0.39 is 6.10 Å². The quantitative estimate of drug-likeness (QED) is 0.399. The number of nitrogens with one attached hydrogen (secondary N) is 1. The Morgan fingerprint density at radius 2 is 1.88 bits per heavy atom. The zero-order chi connectivity index (χ0) is 16.7. The fourth-order valence-electron chi connectivity index (χ4n) is 3.18. The van der Waals surface area contributed by atoms with Crippen molar-refractivity contribution in [3.8, 4) is 0 Å². The molecule has 0 aromatic heterocycles. The third-order valence-corrected chi connectivity index (χ3v) is 4.77. The summed E-state index contributed by atoms with van der Waals surface area (Å²) in [5.74, 6) is 0.261. The highest BCUT2D eigenvalue weighted by Crippen LogP contribution is 2.29. The molecule has 6 heteroatoms. The van der Waals surface area contributed by atoms with E-state index >= 15 is 0 Å². The number of hydrogen-bond donors (Lipinski definition) is 3. The number of hydrogen-bond acceptors (Lipinski definition) is 4. The first-order chi connectivity index (χ1) is 11.1. The summed E-state index contributed by atoms with van der Waals surface area (Å²) in [6, 6.07) is 8.35. The van der Waals surface area contributed by atoms with Gasteiger partial charge in [0.1, 0.15) is 0 Å². The first kappa shape index (κ1) is 20.9. The molecule has 5 nitrogen and oxygen atoms in total. The van der Waals surface area contributed by atoms with Gasteiger partial charge in [-0.05, 0) is 62.9 Å². The summed E-state index contributed by atoms with van der Waals surface area (Å²) in [5, 5.41) is 18.6. The predicted octanol–water partition coefficient (Wildman–Crippen LogP) is 3.02. The highest BCUT2D eigenvalue weighted by atomic mass is 35.5. The molecule has 1 aromatic carbocycles. The molecule has 1 saturated heterocycles. The minimum Gasteiger partial charge on any atom is -0.388 e. The molecule has 0 unspecified atom stereocenters. The number of nitrogens with zero attached hydrogens (tertiary/aromatic N) is 1. The molecule has 1 aliphatic heterocycles. The molecule has 24 heavy (non-hydrogen) atoms. The van der Waals surface area contributed by atoms with Crippen molar-refractivity contribution >= 4 is 18.3 Å². The first-order valence-electron chi connectivity index (χ1n) is 8.49. The van der Waals surface area contributed by atoms with Crippen LogP contribution in [0.5, 0.6) is 0 Å². The normalized spacial score (nSPS) is 17.1. The molecule has 1 heterocycles. The van der Waals surface area contributed by atoms with Gasteiger partial charge in [-0.3, -0.25) is 10.0 Å². The van der Waals surface area contributed by atoms with Crippen LogP contribution in [0.3, 0.4) is 0 Å². The second-order valence-electron chi connectivity index (χ2n) is 6.54. The number of halogens is 1. The van der Waals surface area contributed by atoms with E-state index in [0.29, 0.717) is 18.8 Å². The smallest absolute Gasteiger partial charge is 0.243 e. The van der Waals surface area contributed by atoms with Crippen molar-refractivity contribution in [1.29, 1.82) is 0 Å². The number of rotatable bonds is 7. The number of carbonyl (C=O) groups excluding carboxylic acids is 1. The van der Waals surface area contributed by atoms with Crippen LogP contribution < -0.4 is 5.48 Å². The van der Waals surface area contributed by atoms with E-state index in [2.05, 4.69) is 24.1 Å². The van der Waals surface area contributed by atoms with Gasteiger partial charge in [0.25, 0.3) is 0 Å². The largest absolute Gasteiger partial charge is 0.388 e. The van der Waals surface area contributed by atoms with Gasteiger partial charge in [-0.2, -0.15) is 0 Å². The van der Waals surface area contributed by atoms with Gasteiger partial charge in [0, 0.05) is 6.42 Å². The monoisotopic (exact) mass is 356 g/mol. The molecular weight excluding hydrogens is 328 g/mol. The Morgan fingerprint density at radius 1 is 1.25 bits per heavy atom. The van der Waals surface area contributed by atoms with E-state index in [1.54, 1.807) is 5.48 Å². The van der Waals surface area contributed by atoms with Crippen LogP contribution >= 0.6 is 12.4 Å². The summed E-state index contributed by atoms with van der Waals surface area (Å²) in [6.07, 6.45) is 4.25. The van der Waals surface area contributed by atoms with Crippen LogP contribution in [0, 0.1) is 0 Å². The number of piperidine rings is 1. The van der Waals surface area contributed by atoms with Crippen LogP contribution in [0.15, 0.2) is 24.3 Å². The number of hydroxylamine groups is 1. The fourth-order valence-corrected chi connectivity index (χ4v) is 3.18. The van der Waals surface area contributed by atoms with Crippen molar-refractivity contribution < 1.29 is 15.1 Å². The maximum absolute atomic E-state index is 10.9. The zero-order valence-corrected chi connectivity index (χ0v) is 15.1. The molecule has 1 atom stereocenters. The Morgan fingerprint density at radius 3 is 2.46 bits per heavy atom. The first-order valence-corrected chi connectivity index (χ1v) is 8.49. The Labute approximate surface area is 150 Å². The van der Waals surface area contributed by atoms with Crippen LogP contribution in [0.4, 0.5) is 0 Å². The van der Waals surface area contributed by atoms with E-state index in [4.69, 9.17) is 5.21 Å². The average molecular weight is 357 g/mol. The second kappa shape index (κ2) is 10.7. The van der Waals surface area contributed by atoms with Crippen LogP contribution in [-0.2, 0) is 4.79 Å². The molecule has 0 saturated carbocycles. The van der Waals surface area contributed by atoms with Crippen molar-refractivity contribution in [1.82, 2.24) is 10.4 Å². The maximum atomic E-state index is 10.9. The van der Waals surface area contributed by atoms with Crippen molar-refractivity contribution in [3.05, 3.63) is 35.4 Å². The summed E-state index contributed by atoms with van der Waals surface area (Å²) >= 11 is 0. The van der Waals surface area contributed by atoms with Crippen molar-refractivity contribution in [2.24, 2.45) is 0 Å². The van der Waals surface area contributed by atoms with Crippen LogP contribution in [0.1, 0.15) is 61.7 Å². The highest BCUT2D eigenvalue weighted by Gasteiger charge is 2.18. The third-order valence-electron chi connectivity index (χ3n) is 4.77. The lowest BCUT2D eigenvalue weighted by molar-refractivity contribution is -0.129. The summed E-state index contributed by atoms with van der Waals surface area (Å²) in [6.45, 7) is 2.30. The standard InChI is InChI=1S/C18H28N2O3.ClH/c1-20-12-10-15(11-13-20)14-6-8-16(9-7-14)17(21)4-2-3-5-18(22)19-23;/h6-9,15,17,21,23H,2-5,10-13H2,1H3,(H,19,22);1H/t17-;/m1./s1. The van der Waals surface area contributed by atoms with Gasteiger partial charge in [-0.1, -0.05) is 30.7 Å². The molecule has 0 aliphatic carbocycles. The SMILES string of the molecule is CN1CCC(c2ccc([C@H](O)CCCCC(=O)NO)cc2)CC1.Cl. The van der Waals surface area contributed by atoms with Crippen molar-refractivity contribution in [2.45, 2.75) is 50.5 Å². The number of aliphatic hydroxyl groups is 1. The molecule has 1 aromatic rings. The molecule has 136 valence electrons. The molecule has 0 bridgehead atoms. The van der Waals surface area contributed by atoms with Gasteiger partial charge in [0.15, 0.2) is 0 Å². The van der Waals surface area contributed by atoms with Crippen LogP contribution in [0.2, 0.25) is 0 Å².